The minimum atomic E-state index is -0.314. The first-order chi connectivity index (χ1) is 11.5. The summed E-state index contributed by atoms with van der Waals surface area (Å²) in [6.07, 6.45) is 3.17. The minimum absolute atomic E-state index is 0.146. The van der Waals surface area contributed by atoms with Gasteiger partial charge in [-0.25, -0.2) is 5.43 Å². The van der Waals surface area contributed by atoms with Crippen molar-refractivity contribution in [2.24, 2.45) is 5.10 Å². The molecular weight excluding hydrogens is 372 g/mol. The molecule has 0 spiro atoms. The Morgan fingerprint density at radius 3 is 2.88 bits per heavy atom. The number of benzene rings is 1. The van der Waals surface area contributed by atoms with Crippen molar-refractivity contribution >= 4 is 39.1 Å². The number of aromatic nitrogens is 1. The molecule has 0 bridgehead atoms. The number of carbonyl (C=O) groups excluding carboxylic acids is 2. The van der Waals surface area contributed by atoms with Crippen molar-refractivity contribution in [3.63, 3.8) is 0 Å². The number of carbonyl (C=O) groups is 2. The number of hydrogen-bond donors (Lipinski definition) is 2. The minimum Gasteiger partial charge on any atom is -0.356 e. The van der Waals surface area contributed by atoms with Crippen LogP contribution in [0.2, 0.25) is 0 Å². The van der Waals surface area contributed by atoms with Crippen LogP contribution in [-0.2, 0) is 4.79 Å². The summed E-state index contributed by atoms with van der Waals surface area (Å²) in [5, 5.41) is 4.15. The fraction of sp³-hybridized carbons (Fsp3) is 0.235. The maximum Gasteiger partial charge on any atom is 0.287 e. The second kappa shape index (κ2) is 7.00. The van der Waals surface area contributed by atoms with Gasteiger partial charge in [0.05, 0.1) is 5.71 Å². The third-order valence-corrected chi connectivity index (χ3v) is 4.32. The van der Waals surface area contributed by atoms with Crippen LogP contribution in [0.5, 0.6) is 0 Å². The van der Waals surface area contributed by atoms with Crippen LogP contribution in [0, 0.1) is 0 Å². The summed E-state index contributed by atoms with van der Waals surface area (Å²) in [4.78, 5) is 28.5. The van der Waals surface area contributed by atoms with Gasteiger partial charge in [0.2, 0.25) is 5.91 Å². The van der Waals surface area contributed by atoms with Gasteiger partial charge in [-0.1, -0.05) is 12.1 Å². The quantitative estimate of drug-likeness (QED) is 0.623. The number of anilines is 1. The third kappa shape index (κ3) is 3.56. The molecule has 1 aromatic carbocycles. The Morgan fingerprint density at radius 1 is 1.38 bits per heavy atom. The topological polar surface area (TPSA) is 77.6 Å². The highest BCUT2D eigenvalue weighted by atomic mass is 79.9. The monoisotopic (exact) mass is 388 g/mol. The molecule has 124 valence electrons. The van der Waals surface area contributed by atoms with Crippen LogP contribution in [0.15, 0.2) is 46.1 Å². The van der Waals surface area contributed by atoms with Gasteiger partial charge in [0.25, 0.3) is 5.91 Å². The Bertz CT molecular complexity index is 812. The Balaban J connectivity index is 1.73. The van der Waals surface area contributed by atoms with E-state index in [2.05, 4.69) is 31.4 Å². The first-order valence-electron chi connectivity index (χ1n) is 7.64. The molecule has 0 aliphatic carbocycles. The van der Waals surface area contributed by atoms with Gasteiger partial charge < -0.3 is 9.88 Å². The lowest BCUT2D eigenvalue weighted by atomic mass is 10.1. The number of H-pyrrole nitrogens is 1. The molecule has 7 heteroatoms. The molecule has 24 heavy (non-hydrogen) atoms. The number of nitrogens with zero attached hydrogens (tertiary/aromatic N) is 2. The molecule has 6 nitrogen and oxygen atoms in total. The fourth-order valence-corrected chi connectivity index (χ4v) is 2.92. The molecule has 1 saturated heterocycles. The molecule has 1 aliphatic rings. The SMILES string of the molecule is C/C(=N/NC(=O)c1cc(Br)c[nH]1)c1cccc(N2CCCC2=O)c1. The maximum absolute atomic E-state index is 12.0. The van der Waals surface area contributed by atoms with Crippen molar-refractivity contribution in [3.8, 4) is 0 Å². The fourth-order valence-electron chi connectivity index (χ4n) is 2.58. The van der Waals surface area contributed by atoms with E-state index in [9.17, 15) is 9.59 Å². The van der Waals surface area contributed by atoms with E-state index < -0.39 is 0 Å². The number of rotatable bonds is 4. The molecule has 2 heterocycles. The van der Waals surface area contributed by atoms with Crippen LogP contribution in [0.1, 0.15) is 35.8 Å². The van der Waals surface area contributed by atoms with Gasteiger partial charge in [-0.2, -0.15) is 5.10 Å². The Labute approximate surface area is 148 Å². The summed E-state index contributed by atoms with van der Waals surface area (Å²) < 4.78 is 0.802. The van der Waals surface area contributed by atoms with E-state index in [-0.39, 0.29) is 11.8 Å². The number of halogens is 1. The number of hydrogen-bond acceptors (Lipinski definition) is 3. The lowest BCUT2D eigenvalue weighted by Gasteiger charge is -2.16. The Kier molecular flexibility index (Phi) is 4.80. The average molecular weight is 389 g/mol. The molecule has 0 unspecified atom stereocenters. The van der Waals surface area contributed by atoms with E-state index in [1.807, 2.05) is 31.2 Å². The van der Waals surface area contributed by atoms with E-state index >= 15 is 0 Å². The molecule has 1 aliphatic heterocycles. The van der Waals surface area contributed by atoms with Gasteiger partial charge in [-0.15, -0.1) is 0 Å². The normalized spacial score (nSPS) is 15.0. The maximum atomic E-state index is 12.0. The van der Waals surface area contributed by atoms with Crippen molar-refractivity contribution in [1.29, 1.82) is 0 Å². The van der Waals surface area contributed by atoms with Gasteiger partial charge in [-0.3, -0.25) is 9.59 Å². The highest BCUT2D eigenvalue weighted by molar-refractivity contribution is 9.10. The van der Waals surface area contributed by atoms with E-state index in [0.29, 0.717) is 17.8 Å². The first kappa shape index (κ1) is 16.4. The highest BCUT2D eigenvalue weighted by Gasteiger charge is 2.21. The largest absolute Gasteiger partial charge is 0.356 e. The van der Waals surface area contributed by atoms with E-state index in [0.717, 1.165) is 28.7 Å². The third-order valence-electron chi connectivity index (χ3n) is 3.87. The van der Waals surface area contributed by atoms with Crippen LogP contribution in [0.3, 0.4) is 0 Å². The lowest BCUT2D eigenvalue weighted by Crippen LogP contribution is -2.24. The zero-order chi connectivity index (χ0) is 17.1. The zero-order valence-corrected chi connectivity index (χ0v) is 14.8. The molecule has 2 amide bonds. The van der Waals surface area contributed by atoms with Crippen molar-refractivity contribution in [2.75, 3.05) is 11.4 Å². The molecule has 3 rings (SSSR count). The van der Waals surface area contributed by atoms with Crippen molar-refractivity contribution in [1.82, 2.24) is 10.4 Å². The molecule has 0 atom stereocenters. The van der Waals surface area contributed by atoms with Gasteiger partial charge in [0, 0.05) is 29.3 Å². The molecule has 0 radical (unpaired) electrons. The molecule has 2 aromatic rings. The Morgan fingerprint density at radius 2 is 2.21 bits per heavy atom. The first-order valence-corrected chi connectivity index (χ1v) is 8.43. The van der Waals surface area contributed by atoms with Crippen LogP contribution in [0.25, 0.3) is 0 Å². The predicted octanol–water partition coefficient (Wildman–Crippen LogP) is 3.06. The van der Waals surface area contributed by atoms with Gasteiger partial charge in [0.1, 0.15) is 5.69 Å². The summed E-state index contributed by atoms with van der Waals surface area (Å²) in [6, 6.07) is 9.30. The standard InChI is InChI=1S/C17H17BrN4O2/c1-11(20-21-17(24)15-9-13(18)10-19-15)12-4-2-5-14(8-12)22-7-3-6-16(22)23/h2,4-5,8-10,19H,3,6-7H2,1H3,(H,21,24)/b20-11-. The molecular formula is C17H17BrN4O2. The number of aromatic amines is 1. The number of nitrogens with one attached hydrogen (secondary N) is 2. The summed E-state index contributed by atoms with van der Waals surface area (Å²) in [6.45, 7) is 2.56. The molecule has 1 aromatic heterocycles. The molecule has 1 fully saturated rings. The van der Waals surface area contributed by atoms with E-state index in [4.69, 9.17) is 0 Å². The summed E-state index contributed by atoms with van der Waals surface area (Å²) in [5.74, 6) is -0.168. The van der Waals surface area contributed by atoms with Crippen LogP contribution in [0.4, 0.5) is 5.69 Å². The van der Waals surface area contributed by atoms with Crippen LogP contribution in [-0.4, -0.2) is 29.1 Å². The number of amides is 2. The van der Waals surface area contributed by atoms with Crippen LogP contribution < -0.4 is 10.3 Å². The highest BCUT2D eigenvalue weighted by Crippen LogP contribution is 2.22. The van der Waals surface area contributed by atoms with Crippen molar-refractivity contribution in [3.05, 3.63) is 52.3 Å². The van der Waals surface area contributed by atoms with Crippen LogP contribution >= 0.6 is 15.9 Å². The second-order valence-corrected chi connectivity index (χ2v) is 6.48. The lowest BCUT2D eigenvalue weighted by molar-refractivity contribution is -0.117. The molecule has 0 saturated carbocycles. The zero-order valence-electron chi connectivity index (χ0n) is 13.2. The number of hydrazone groups is 1. The summed E-state index contributed by atoms with van der Waals surface area (Å²) >= 11 is 3.28. The van der Waals surface area contributed by atoms with Crippen molar-refractivity contribution in [2.45, 2.75) is 19.8 Å². The predicted molar refractivity (Wildman–Crippen MR) is 96.2 cm³/mol. The molecule has 2 N–H and O–H groups in total. The van der Waals surface area contributed by atoms with Crippen molar-refractivity contribution < 1.29 is 9.59 Å². The van der Waals surface area contributed by atoms with E-state index in [1.54, 1.807) is 17.2 Å². The second-order valence-electron chi connectivity index (χ2n) is 5.57. The average Bonchev–Trinajstić information content (AvgIpc) is 3.21. The summed E-state index contributed by atoms with van der Waals surface area (Å²) in [7, 11) is 0. The van der Waals surface area contributed by atoms with E-state index in [1.165, 1.54) is 0 Å². The Hall–Kier alpha value is -2.41. The smallest absolute Gasteiger partial charge is 0.287 e. The summed E-state index contributed by atoms with van der Waals surface area (Å²) in [5.41, 5.74) is 5.35. The van der Waals surface area contributed by atoms with Gasteiger partial charge in [-0.05, 0) is 53.0 Å². The van der Waals surface area contributed by atoms with Gasteiger partial charge >= 0.3 is 0 Å². The van der Waals surface area contributed by atoms with Gasteiger partial charge in [0.15, 0.2) is 0 Å².